The first-order valence-electron chi connectivity index (χ1n) is 5.40. The van der Waals surface area contributed by atoms with E-state index in [0.717, 1.165) is 0 Å². The van der Waals surface area contributed by atoms with Crippen molar-refractivity contribution < 1.29 is 14.7 Å². The van der Waals surface area contributed by atoms with E-state index in [0.29, 0.717) is 12.0 Å². The van der Waals surface area contributed by atoms with E-state index in [4.69, 9.17) is 10.8 Å². The summed E-state index contributed by atoms with van der Waals surface area (Å²) in [7, 11) is 0. The van der Waals surface area contributed by atoms with Gasteiger partial charge in [0.2, 0.25) is 5.91 Å². The minimum absolute atomic E-state index is 0.322. The normalized spacial score (nSPS) is 13.8. The molecule has 0 aliphatic heterocycles. The molecule has 1 aromatic rings. The van der Waals surface area contributed by atoms with Crippen molar-refractivity contribution in [3.63, 3.8) is 0 Å². The van der Waals surface area contributed by atoms with E-state index in [2.05, 4.69) is 5.32 Å². The Morgan fingerprint density at radius 3 is 2.41 bits per heavy atom. The van der Waals surface area contributed by atoms with Gasteiger partial charge in [-0.25, -0.2) is 4.79 Å². The predicted octanol–water partition coefficient (Wildman–Crippen LogP) is 0.666. The van der Waals surface area contributed by atoms with Crippen LogP contribution < -0.4 is 11.1 Å². The summed E-state index contributed by atoms with van der Waals surface area (Å²) in [6.07, 6.45) is 0.322. The maximum Gasteiger partial charge on any atom is 0.326 e. The predicted molar refractivity (Wildman–Crippen MR) is 63.2 cm³/mol. The molecule has 0 fully saturated rings. The summed E-state index contributed by atoms with van der Waals surface area (Å²) in [6, 6.07) is 7.09. The van der Waals surface area contributed by atoms with Gasteiger partial charge in [-0.05, 0) is 12.0 Å². The van der Waals surface area contributed by atoms with Crippen LogP contribution in [-0.2, 0) is 9.59 Å². The lowest BCUT2D eigenvalue weighted by Gasteiger charge is -2.16. The lowest BCUT2D eigenvalue weighted by molar-refractivity contribution is -0.142. The lowest BCUT2D eigenvalue weighted by atomic mass is 10.1. The third-order valence-electron chi connectivity index (χ3n) is 2.46. The first-order chi connectivity index (χ1) is 8.06. The van der Waals surface area contributed by atoms with E-state index in [-0.39, 0.29) is 0 Å². The summed E-state index contributed by atoms with van der Waals surface area (Å²) in [5.41, 5.74) is 6.39. The molecule has 1 rings (SSSR count). The van der Waals surface area contributed by atoms with Crippen LogP contribution in [0.4, 0.5) is 0 Å². The average Bonchev–Trinajstić information content (AvgIpc) is 2.35. The number of carbonyl (C=O) groups excluding carboxylic acids is 1. The number of carbonyl (C=O) groups is 2. The third-order valence-corrected chi connectivity index (χ3v) is 2.46. The van der Waals surface area contributed by atoms with Gasteiger partial charge in [-0.3, -0.25) is 4.79 Å². The summed E-state index contributed by atoms with van der Waals surface area (Å²) in [5.74, 6) is -1.54. The van der Waals surface area contributed by atoms with Crippen LogP contribution >= 0.6 is 0 Å². The Morgan fingerprint density at radius 2 is 1.94 bits per heavy atom. The number of amides is 1. The Kier molecular flexibility index (Phi) is 4.66. The van der Waals surface area contributed by atoms with Gasteiger partial charge in [0.25, 0.3) is 0 Å². The van der Waals surface area contributed by atoms with E-state index in [1.165, 1.54) is 0 Å². The van der Waals surface area contributed by atoms with Crippen LogP contribution in [0.25, 0.3) is 0 Å². The van der Waals surface area contributed by atoms with Crippen LogP contribution in [-0.4, -0.2) is 23.0 Å². The molecule has 0 spiro atoms. The van der Waals surface area contributed by atoms with Crippen molar-refractivity contribution in [2.75, 3.05) is 0 Å². The van der Waals surface area contributed by atoms with Crippen molar-refractivity contribution in [1.29, 1.82) is 0 Å². The molecule has 0 aliphatic rings. The van der Waals surface area contributed by atoms with E-state index < -0.39 is 24.0 Å². The molecular formula is C12H16N2O3. The molecule has 1 aromatic carbocycles. The number of aliphatic carboxylic acids is 1. The molecule has 0 bridgehead atoms. The quantitative estimate of drug-likeness (QED) is 0.700. The Bertz CT molecular complexity index is 392. The fourth-order valence-electron chi connectivity index (χ4n) is 1.41. The van der Waals surface area contributed by atoms with Crippen LogP contribution in [0.5, 0.6) is 0 Å². The highest BCUT2D eigenvalue weighted by molar-refractivity contribution is 5.87. The number of carboxylic acid groups (broad SMARTS) is 1. The number of rotatable bonds is 5. The Labute approximate surface area is 99.6 Å². The molecule has 4 N–H and O–H groups in total. The van der Waals surface area contributed by atoms with Crippen LogP contribution in [0.1, 0.15) is 24.9 Å². The number of hydrogen-bond donors (Lipinski definition) is 3. The summed E-state index contributed by atoms with van der Waals surface area (Å²) >= 11 is 0. The molecule has 92 valence electrons. The standard InChI is InChI=1S/C12H16N2O3/c1-2-9(12(16)17)14-11(15)10(13)8-6-4-3-5-7-8/h3-7,9-10H,2,13H2,1H3,(H,14,15)(H,16,17)/t9-,10+/m0/s1. The topological polar surface area (TPSA) is 92.4 Å². The molecule has 0 radical (unpaired) electrons. The van der Waals surface area contributed by atoms with Gasteiger partial charge in [0.05, 0.1) is 0 Å². The molecule has 0 heterocycles. The van der Waals surface area contributed by atoms with Crippen LogP contribution in [0.2, 0.25) is 0 Å². The highest BCUT2D eigenvalue weighted by atomic mass is 16.4. The molecule has 2 atom stereocenters. The number of nitrogens with two attached hydrogens (primary N) is 1. The number of hydrogen-bond acceptors (Lipinski definition) is 3. The maximum atomic E-state index is 11.7. The van der Waals surface area contributed by atoms with Gasteiger partial charge in [-0.15, -0.1) is 0 Å². The minimum Gasteiger partial charge on any atom is -0.480 e. The second-order valence-corrected chi connectivity index (χ2v) is 3.70. The van der Waals surface area contributed by atoms with Crippen LogP contribution in [0.15, 0.2) is 30.3 Å². The number of carboxylic acids is 1. The number of nitrogens with one attached hydrogen (secondary N) is 1. The Balaban J connectivity index is 2.68. The van der Waals surface area contributed by atoms with Crippen molar-refractivity contribution in [3.8, 4) is 0 Å². The van der Waals surface area contributed by atoms with Gasteiger partial charge in [-0.1, -0.05) is 37.3 Å². The molecule has 5 nitrogen and oxygen atoms in total. The van der Waals surface area contributed by atoms with Crippen LogP contribution in [0, 0.1) is 0 Å². The van der Waals surface area contributed by atoms with Gasteiger partial charge in [0.1, 0.15) is 12.1 Å². The number of benzene rings is 1. The zero-order valence-electron chi connectivity index (χ0n) is 9.59. The molecule has 5 heteroatoms. The molecule has 17 heavy (non-hydrogen) atoms. The van der Waals surface area contributed by atoms with Gasteiger partial charge >= 0.3 is 5.97 Å². The highest BCUT2D eigenvalue weighted by Gasteiger charge is 2.22. The van der Waals surface area contributed by atoms with Crippen molar-refractivity contribution >= 4 is 11.9 Å². The van der Waals surface area contributed by atoms with Gasteiger partial charge < -0.3 is 16.2 Å². The molecular weight excluding hydrogens is 220 g/mol. The van der Waals surface area contributed by atoms with E-state index in [1.54, 1.807) is 31.2 Å². The molecule has 0 aromatic heterocycles. The van der Waals surface area contributed by atoms with Gasteiger partial charge in [-0.2, -0.15) is 0 Å². The van der Waals surface area contributed by atoms with E-state index >= 15 is 0 Å². The molecule has 0 saturated heterocycles. The summed E-state index contributed by atoms with van der Waals surface area (Å²) in [5, 5.41) is 11.2. The van der Waals surface area contributed by atoms with E-state index in [1.807, 2.05) is 6.07 Å². The zero-order valence-corrected chi connectivity index (χ0v) is 9.59. The van der Waals surface area contributed by atoms with Crippen molar-refractivity contribution in [3.05, 3.63) is 35.9 Å². The summed E-state index contributed by atoms with van der Waals surface area (Å²) in [4.78, 5) is 22.5. The maximum absolute atomic E-state index is 11.7. The SMILES string of the molecule is CC[C@H](NC(=O)[C@H](N)c1ccccc1)C(=O)O. The average molecular weight is 236 g/mol. The zero-order chi connectivity index (χ0) is 12.8. The fourth-order valence-corrected chi connectivity index (χ4v) is 1.41. The molecule has 0 unspecified atom stereocenters. The molecule has 0 aliphatic carbocycles. The van der Waals surface area contributed by atoms with Gasteiger partial charge in [0, 0.05) is 0 Å². The summed E-state index contributed by atoms with van der Waals surface area (Å²) in [6.45, 7) is 1.69. The highest BCUT2D eigenvalue weighted by Crippen LogP contribution is 2.09. The molecule has 0 saturated carbocycles. The Morgan fingerprint density at radius 1 is 1.35 bits per heavy atom. The molecule has 1 amide bonds. The van der Waals surface area contributed by atoms with Crippen LogP contribution in [0.3, 0.4) is 0 Å². The lowest BCUT2D eigenvalue weighted by Crippen LogP contribution is -2.44. The second kappa shape index (κ2) is 6.00. The van der Waals surface area contributed by atoms with Gasteiger partial charge in [0.15, 0.2) is 0 Å². The van der Waals surface area contributed by atoms with Crippen molar-refractivity contribution in [1.82, 2.24) is 5.32 Å². The van der Waals surface area contributed by atoms with Crippen molar-refractivity contribution in [2.45, 2.75) is 25.4 Å². The first-order valence-corrected chi connectivity index (χ1v) is 5.40. The fraction of sp³-hybridized carbons (Fsp3) is 0.333. The second-order valence-electron chi connectivity index (χ2n) is 3.70. The largest absolute Gasteiger partial charge is 0.480 e. The third kappa shape index (κ3) is 3.57. The summed E-state index contributed by atoms with van der Waals surface area (Å²) < 4.78 is 0. The smallest absolute Gasteiger partial charge is 0.326 e. The monoisotopic (exact) mass is 236 g/mol. The first kappa shape index (κ1) is 13.2. The van der Waals surface area contributed by atoms with E-state index in [9.17, 15) is 9.59 Å². The Hall–Kier alpha value is -1.88. The van der Waals surface area contributed by atoms with Crippen molar-refractivity contribution in [2.24, 2.45) is 5.73 Å². The minimum atomic E-state index is -1.05.